The van der Waals surface area contributed by atoms with Gasteiger partial charge in [-0.2, -0.15) is 20.4 Å². The van der Waals surface area contributed by atoms with Crippen LogP contribution in [-0.2, 0) is 50.6 Å². The number of carbonyl (C=O) groups is 2. The van der Waals surface area contributed by atoms with E-state index in [9.17, 15) is 74.4 Å². The molecule has 0 atom stereocenters. The molecule has 0 saturated carbocycles. The molecule has 0 unspecified atom stereocenters. The summed E-state index contributed by atoms with van der Waals surface area (Å²) in [7, 11) is -26.2. The molecule has 0 fully saturated rings. The van der Waals surface area contributed by atoms with Crippen LogP contribution in [0.2, 0.25) is 0 Å². The Balaban J connectivity index is 0.00000370. The molecule has 0 aliphatic heterocycles. The average molecular weight is 1290 g/mol. The Morgan fingerprint density at radius 3 is 1.13 bits per heavy atom. The summed E-state index contributed by atoms with van der Waals surface area (Å²) in [5, 5.41) is 25.8. The quantitative estimate of drug-likeness (QED) is 0.0165. The Hall–Kier alpha value is -4.17. The Bertz CT molecular complexity index is 4480. The van der Waals surface area contributed by atoms with Crippen LogP contribution in [0.4, 0.5) is 68.2 Å². The van der Waals surface area contributed by atoms with Crippen molar-refractivity contribution in [1.29, 1.82) is 0 Å². The van der Waals surface area contributed by atoms with E-state index >= 15 is 0 Å². The predicted molar refractivity (Wildman–Crippen MR) is 278 cm³/mol. The van der Waals surface area contributed by atoms with Crippen molar-refractivity contribution >= 4 is 154 Å². The van der Waals surface area contributed by atoms with Crippen LogP contribution in [0.3, 0.4) is 0 Å². The molecule has 0 aromatic heterocycles. The molecule has 2 aliphatic rings. The monoisotopic (exact) mass is 1290 g/mol. The summed E-state index contributed by atoms with van der Waals surface area (Å²) >= 11 is 0. The summed E-state index contributed by atoms with van der Waals surface area (Å²) in [5.74, 6) is -2.23. The van der Waals surface area contributed by atoms with E-state index in [0.29, 0.717) is 0 Å². The molecule has 2 aliphatic carbocycles. The summed E-state index contributed by atoms with van der Waals surface area (Å²) in [4.78, 5) is 22.8. The van der Waals surface area contributed by atoms with E-state index in [1.54, 1.807) is 0 Å². The zero-order valence-electron chi connectivity index (χ0n) is 43.9. The first-order valence-corrected chi connectivity index (χ1v) is 28.3. The number of nitrogen functional groups attached to an aromatic ring is 4. The molecule has 8 rings (SSSR count). The molecule has 408 valence electrons. The number of anilines is 8. The smallest absolute Gasteiger partial charge is 0.744 e. The van der Waals surface area contributed by atoms with Crippen LogP contribution < -0.4 is 187 Å². The number of nitrogens with zero attached hydrogens (tertiary/aromatic N) is 6. The molecule has 0 radical (unpaired) electrons. The van der Waals surface area contributed by atoms with Crippen molar-refractivity contribution in [3.05, 3.63) is 135 Å². The fourth-order valence-electron chi connectivity index (χ4n) is 7.31. The van der Waals surface area contributed by atoms with Gasteiger partial charge in [-0.3, -0.25) is 20.4 Å². The Labute approximate surface area is 587 Å². The number of Topliss-reactive ketones (excluding diaryl/α,β-unsaturated/α-hetero) is 2. The molecular weight excluding hydrogens is 1260 g/mol. The zero-order valence-corrected chi connectivity index (χ0v) is 58.0. The van der Waals surface area contributed by atoms with Crippen molar-refractivity contribution in [2.75, 3.05) is 39.1 Å². The largest absolute Gasteiger partial charge is 1.00 e. The second-order valence-corrected chi connectivity index (χ2v) is 23.1. The maximum Gasteiger partial charge on any atom is 1.00 e. The number of rotatable bonds is 15. The Morgan fingerprint density at radius 2 is 0.750 bits per heavy atom. The topological polar surface area (TPSA) is 534 Å². The van der Waals surface area contributed by atoms with Crippen molar-refractivity contribution in [3.63, 3.8) is 0 Å². The van der Waals surface area contributed by atoms with Gasteiger partial charge in [0.25, 0.3) is 0 Å². The number of hydrogen-bond acceptors (Lipinski definition) is 30. The number of fused-ring (bicyclic) bond motifs is 2. The molecule has 0 spiro atoms. The van der Waals surface area contributed by atoms with Gasteiger partial charge in [-0.1, -0.05) is 12.1 Å². The van der Waals surface area contributed by atoms with E-state index in [1.807, 2.05) is 0 Å². The summed E-state index contributed by atoms with van der Waals surface area (Å²) in [6.07, 6.45) is 1.71. The number of allylic oxidation sites excluding steroid dienone is 2. The van der Waals surface area contributed by atoms with Crippen LogP contribution in [0.15, 0.2) is 158 Å². The summed E-state index contributed by atoms with van der Waals surface area (Å²) in [6, 6.07) is 18.8. The van der Waals surface area contributed by atoms with Crippen molar-refractivity contribution in [1.82, 2.24) is 0 Å². The number of carbonyl (C=O) groups excluding carboxylic acids is 2. The number of hydrogen-bond donors (Lipinski definition) is 7. The van der Waals surface area contributed by atoms with E-state index in [1.165, 1.54) is 48.5 Å². The fraction of sp³-hybridized carbons (Fsp3) is 0. The van der Waals surface area contributed by atoms with E-state index in [2.05, 4.69) is 46.8 Å². The molecule has 0 bridgehead atoms. The first kappa shape index (κ1) is 74.1. The maximum absolute atomic E-state index is 13.7. The number of hydrazone groups is 2. The Morgan fingerprint density at radius 1 is 0.381 bits per heavy atom. The Kier molecular flexibility index (Phi) is 25.4. The van der Waals surface area contributed by atoms with E-state index in [-0.39, 0.29) is 227 Å². The molecule has 84 heavy (non-hydrogen) atoms. The molecule has 11 N–H and O–H groups in total. The van der Waals surface area contributed by atoms with Gasteiger partial charge in [0.1, 0.15) is 73.4 Å². The second kappa shape index (κ2) is 28.8. The average Bonchev–Trinajstić information content (AvgIpc) is 3.34. The van der Waals surface area contributed by atoms with E-state index < -0.39 is 109 Å². The van der Waals surface area contributed by atoms with Crippen LogP contribution in [0.1, 0.15) is 31.8 Å². The van der Waals surface area contributed by atoms with Crippen LogP contribution in [0.5, 0.6) is 0 Å². The number of azo groups is 2. The number of ketones is 2. The second-order valence-electron chi connectivity index (χ2n) is 16.3. The molecule has 0 heterocycles. The third-order valence-electron chi connectivity index (χ3n) is 11.0. The van der Waals surface area contributed by atoms with Gasteiger partial charge in [-0.25, -0.2) is 42.1 Å². The number of nitrogens with one attached hydrogen (secondary N) is 3. The van der Waals surface area contributed by atoms with E-state index in [0.717, 1.165) is 66.7 Å². The van der Waals surface area contributed by atoms with Crippen molar-refractivity contribution in [2.24, 2.45) is 30.7 Å². The molecule has 30 nitrogen and oxygen atoms in total. The molecular formula is C44H30N13Na5O17S5. The molecule has 0 saturated heterocycles. The SMILES string of the molecule is Nc1cc(N)c(S(=O)(=O)[O-])cc1N=Nc1ccc2c(c1)C(=O)/C(=N/Nc1ccc(Nc3ccc(N/N=C4/C(=O)c5cc(N=Nc6cc(S(=O)(=O)[O-])c(N)cc6N)ccc5C=C4S(=O)(=O)[O-])cc3S(=O)(=O)[O-])cc1)C(S(=O)(=O)[O-])=C2.[Na+].[Na+].[Na+].[Na+].[Na+]. The minimum absolute atomic E-state index is 0. The number of nitrogens with two attached hydrogens (primary N) is 4. The van der Waals surface area contributed by atoms with Crippen LogP contribution in [-0.4, -0.2) is 87.8 Å². The number of benzene rings is 6. The van der Waals surface area contributed by atoms with Crippen LogP contribution >= 0.6 is 0 Å². The first-order valence-electron chi connectivity index (χ1n) is 21.3. The predicted octanol–water partition coefficient (Wildman–Crippen LogP) is -10.6. The van der Waals surface area contributed by atoms with Crippen LogP contribution in [0.25, 0.3) is 12.2 Å². The summed E-state index contributed by atoms with van der Waals surface area (Å²) in [5.41, 5.74) is 22.7. The fourth-order valence-corrected chi connectivity index (χ4v) is 10.5. The minimum Gasteiger partial charge on any atom is -0.744 e. The van der Waals surface area contributed by atoms with Gasteiger partial charge >= 0.3 is 148 Å². The van der Waals surface area contributed by atoms with Crippen molar-refractivity contribution in [2.45, 2.75) is 14.7 Å². The molecule has 40 heteroatoms. The van der Waals surface area contributed by atoms with Gasteiger partial charge in [0.15, 0.2) is 0 Å². The molecule has 6 aromatic rings. The third kappa shape index (κ3) is 17.3. The van der Waals surface area contributed by atoms with Gasteiger partial charge < -0.3 is 51.0 Å². The van der Waals surface area contributed by atoms with Gasteiger partial charge in [-0.15, -0.1) is 10.2 Å². The third-order valence-corrected chi connectivity index (χ3v) is 15.3. The van der Waals surface area contributed by atoms with Crippen molar-refractivity contribution in [3.8, 4) is 0 Å². The maximum atomic E-state index is 13.7. The van der Waals surface area contributed by atoms with Gasteiger partial charge in [0.05, 0.1) is 75.7 Å². The normalized spacial score (nSPS) is 14.3. The first-order chi connectivity index (χ1) is 36.8. The van der Waals surface area contributed by atoms with E-state index in [4.69, 9.17) is 22.9 Å². The van der Waals surface area contributed by atoms with Crippen molar-refractivity contribution < 1.29 is 222 Å². The van der Waals surface area contributed by atoms with Crippen LogP contribution in [0, 0.1) is 0 Å². The van der Waals surface area contributed by atoms with Gasteiger partial charge in [0.2, 0.25) is 11.6 Å². The summed E-state index contributed by atoms with van der Waals surface area (Å²) < 4.78 is 181. The standard InChI is InChI=1S/C44H35N13O17S5.5Na/c45-29-16-31(47)36(75(60,61)62)18-34(29)54-51-24-3-1-20-11-39(78(69,70)71)41(43(58)27(20)13-24)56-50-23-7-5-22(6-8-23)49-33-10-9-26(15-38(33)77(66,67)68)53-57-42-40(79(72,73)74)12-21-2-4-25(14-28(21)44(42)59)52-55-35-19-37(76(63,64)65)32(48)17-30(35)46;;;;;/h1-19,49-50,53H,45-48H2,(H,60,61,62)(H,63,64,65)(H,66,67,68)(H,69,70,71)(H,72,73,74);;;;;/q;5*+1/p-5/b54-51?,55-52?,56-41+,57-42+;;;;;. The summed E-state index contributed by atoms with van der Waals surface area (Å²) in [6.45, 7) is 0. The molecule has 6 aromatic carbocycles. The minimum atomic E-state index is -5.43. The zero-order chi connectivity index (χ0) is 57.7. The molecule has 0 amide bonds. The van der Waals surface area contributed by atoms with Gasteiger partial charge in [0, 0.05) is 16.8 Å². The van der Waals surface area contributed by atoms with Gasteiger partial charge in [-0.05, 0) is 114 Å².